The van der Waals surface area contributed by atoms with Gasteiger partial charge >= 0.3 is 0 Å². The van der Waals surface area contributed by atoms with Crippen LogP contribution in [0.1, 0.15) is 46.5 Å². The summed E-state index contributed by atoms with van der Waals surface area (Å²) < 4.78 is 0. The highest BCUT2D eigenvalue weighted by Crippen LogP contribution is 2.44. The number of carbonyl (C=O) groups is 1. The maximum atomic E-state index is 12.1. The van der Waals surface area contributed by atoms with Crippen LogP contribution in [0.25, 0.3) is 0 Å². The van der Waals surface area contributed by atoms with Crippen molar-refractivity contribution in [3.8, 4) is 0 Å². The van der Waals surface area contributed by atoms with E-state index in [-0.39, 0.29) is 0 Å². The minimum absolute atomic E-state index is 0.293. The fourth-order valence-electron chi connectivity index (χ4n) is 3.03. The molecule has 1 saturated carbocycles. The van der Waals surface area contributed by atoms with Gasteiger partial charge in [-0.3, -0.25) is 4.79 Å². The van der Waals surface area contributed by atoms with E-state index in [0.29, 0.717) is 29.0 Å². The van der Waals surface area contributed by atoms with E-state index in [4.69, 9.17) is 0 Å². The maximum absolute atomic E-state index is 12.1. The summed E-state index contributed by atoms with van der Waals surface area (Å²) in [5.74, 6) is 2.11. The van der Waals surface area contributed by atoms with Crippen molar-refractivity contribution < 1.29 is 4.79 Å². The molecule has 2 rings (SSSR count). The molecule has 0 aromatic heterocycles. The molecule has 1 heteroatoms. The molecule has 0 heterocycles. The summed E-state index contributed by atoms with van der Waals surface area (Å²) >= 11 is 0. The maximum Gasteiger partial charge on any atom is 0.136 e. The summed E-state index contributed by atoms with van der Waals surface area (Å²) in [5.41, 5.74) is 0.293. The highest BCUT2D eigenvalue weighted by molar-refractivity contribution is 5.82. The zero-order valence-corrected chi connectivity index (χ0v) is 10.1. The molecule has 1 fully saturated rings. The summed E-state index contributed by atoms with van der Waals surface area (Å²) in [5, 5.41) is 0. The molecular weight excluding hydrogens is 184 g/mol. The third-order valence-electron chi connectivity index (χ3n) is 4.24. The van der Waals surface area contributed by atoms with Gasteiger partial charge in [-0.05, 0) is 36.5 Å². The number of ketones is 1. The van der Waals surface area contributed by atoms with Crippen molar-refractivity contribution in [3.05, 3.63) is 12.2 Å². The Bertz CT molecular complexity index is 282. The Morgan fingerprint density at radius 3 is 2.53 bits per heavy atom. The summed E-state index contributed by atoms with van der Waals surface area (Å²) in [7, 11) is 0. The Kier molecular flexibility index (Phi) is 2.74. The molecule has 0 radical (unpaired) electrons. The monoisotopic (exact) mass is 206 g/mol. The summed E-state index contributed by atoms with van der Waals surface area (Å²) in [4.78, 5) is 12.1. The largest absolute Gasteiger partial charge is 0.299 e. The van der Waals surface area contributed by atoms with Gasteiger partial charge in [0.2, 0.25) is 0 Å². The van der Waals surface area contributed by atoms with Crippen LogP contribution in [0.3, 0.4) is 0 Å². The minimum atomic E-state index is 0.293. The van der Waals surface area contributed by atoms with Crippen LogP contribution in [0, 0.1) is 23.2 Å². The Morgan fingerprint density at radius 1 is 1.20 bits per heavy atom. The topological polar surface area (TPSA) is 17.1 Å². The van der Waals surface area contributed by atoms with E-state index in [2.05, 4.69) is 32.9 Å². The average Bonchev–Trinajstić information content (AvgIpc) is 2.16. The lowest BCUT2D eigenvalue weighted by Gasteiger charge is -2.41. The van der Waals surface area contributed by atoms with Gasteiger partial charge in [0.15, 0.2) is 0 Å². The number of rotatable bonds is 0. The molecular formula is C14H22O. The number of fused-ring (bicyclic) bond motifs is 1. The van der Waals surface area contributed by atoms with Crippen molar-refractivity contribution in [1.82, 2.24) is 0 Å². The van der Waals surface area contributed by atoms with Crippen LogP contribution in [-0.2, 0) is 4.79 Å². The van der Waals surface area contributed by atoms with Crippen molar-refractivity contribution in [2.24, 2.45) is 23.2 Å². The molecule has 0 spiro atoms. The van der Waals surface area contributed by atoms with Crippen LogP contribution in [0.15, 0.2) is 12.2 Å². The second-order valence-corrected chi connectivity index (χ2v) is 6.28. The smallest absolute Gasteiger partial charge is 0.136 e. The number of hydrogen-bond acceptors (Lipinski definition) is 1. The predicted molar refractivity (Wildman–Crippen MR) is 62.5 cm³/mol. The Morgan fingerprint density at radius 2 is 1.87 bits per heavy atom. The van der Waals surface area contributed by atoms with Crippen LogP contribution >= 0.6 is 0 Å². The molecule has 3 atom stereocenters. The number of Topliss-reactive ketones (excluding diaryl/α,β-unsaturated/α-hetero) is 1. The first kappa shape index (κ1) is 10.9. The normalized spacial score (nSPS) is 36.5. The van der Waals surface area contributed by atoms with Crippen LogP contribution < -0.4 is 0 Å². The zero-order valence-electron chi connectivity index (χ0n) is 10.1. The van der Waals surface area contributed by atoms with Crippen LogP contribution in [0.5, 0.6) is 0 Å². The van der Waals surface area contributed by atoms with E-state index < -0.39 is 0 Å². The summed E-state index contributed by atoms with van der Waals surface area (Å²) in [6, 6.07) is 0. The fourth-order valence-corrected chi connectivity index (χ4v) is 3.03. The third-order valence-corrected chi connectivity index (χ3v) is 4.24. The van der Waals surface area contributed by atoms with Gasteiger partial charge in [0.25, 0.3) is 0 Å². The Balaban J connectivity index is 2.12. The molecule has 15 heavy (non-hydrogen) atoms. The van der Waals surface area contributed by atoms with Gasteiger partial charge in [0, 0.05) is 12.3 Å². The number of carbonyl (C=O) groups excluding carboxylic acids is 1. The zero-order chi connectivity index (χ0) is 11.1. The van der Waals surface area contributed by atoms with E-state index in [0.717, 1.165) is 19.3 Å². The number of allylic oxidation sites excluding steroid dienone is 2. The molecule has 2 aliphatic rings. The van der Waals surface area contributed by atoms with Gasteiger partial charge in [0.1, 0.15) is 5.78 Å². The predicted octanol–water partition coefficient (Wildman–Crippen LogP) is 3.59. The third kappa shape index (κ3) is 2.16. The van der Waals surface area contributed by atoms with Gasteiger partial charge in [-0.25, -0.2) is 0 Å². The molecule has 2 aliphatic carbocycles. The summed E-state index contributed by atoms with van der Waals surface area (Å²) in [6.07, 6.45) is 8.65. The minimum Gasteiger partial charge on any atom is -0.299 e. The first-order valence-electron chi connectivity index (χ1n) is 6.16. The lowest BCUT2D eigenvalue weighted by molar-refractivity contribution is -0.130. The Labute approximate surface area is 92.9 Å². The second-order valence-electron chi connectivity index (χ2n) is 6.28. The highest BCUT2D eigenvalue weighted by Gasteiger charge is 2.40. The van der Waals surface area contributed by atoms with Crippen molar-refractivity contribution in [2.45, 2.75) is 46.5 Å². The first-order valence-corrected chi connectivity index (χ1v) is 6.16. The van der Waals surface area contributed by atoms with Crippen LogP contribution in [-0.4, -0.2) is 5.78 Å². The summed E-state index contributed by atoms with van der Waals surface area (Å²) in [6.45, 7) is 6.80. The number of hydrogen-bond donors (Lipinski definition) is 0. The van der Waals surface area contributed by atoms with Gasteiger partial charge in [-0.2, -0.15) is 0 Å². The Hall–Kier alpha value is -0.590. The molecule has 0 saturated heterocycles. The molecule has 1 nitrogen and oxygen atoms in total. The first-order chi connectivity index (χ1) is 6.98. The average molecular weight is 206 g/mol. The fraction of sp³-hybridized carbons (Fsp3) is 0.786. The van der Waals surface area contributed by atoms with Gasteiger partial charge in [0.05, 0.1) is 0 Å². The molecule has 0 aromatic carbocycles. The van der Waals surface area contributed by atoms with Gasteiger partial charge in [-0.15, -0.1) is 0 Å². The van der Waals surface area contributed by atoms with Crippen LogP contribution in [0.2, 0.25) is 0 Å². The van der Waals surface area contributed by atoms with E-state index >= 15 is 0 Å². The molecule has 0 amide bonds. The van der Waals surface area contributed by atoms with E-state index in [1.807, 2.05) is 0 Å². The van der Waals surface area contributed by atoms with E-state index in [1.54, 1.807) is 0 Å². The molecule has 0 unspecified atom stereocenters. The molecule has 0 aromatic rings. The van der Waals surface area contributed by atoms with Crippen LogP contribution in [0.4, 0.5) is 0 Å². The second kappa shape index (κ2) is 3.77. The van der Waals surface area contributed by atoms with Crippen molar-refractivity contribution in [2.75, 3.05) is 0 Å². The van der Waals surface area contributed by atoms with Crippen molar-refractivity contribution in [3.63, 3.8) is 0 Å². The van der Waals surface area contributed by atoms with Gasteiger partial charge < -0.3 is 0 Å². The molecule has 0 N–H and O–H groups in total. The lowest BCUT2D eigenvalue weighted by atomic mass is 9.62. The SMILES string of the molecule is CC(C)(C)[C@H]1CC(=O)[C@H]2CC=CC[C@@H]2C1. The van der Waals surface area contributed by atoms with E-state index in [9.17, 15) is 4.79 Å². The van der Waals surface area contributed by atoms with Crippen molar-refractivity contribution >= 4 is 5.78 Å². The van der Waals surface area contributed by atoms with Gasteiger partial charge in [-0.1, -0.05) is 32.9 Å². The highest BCUT2D eigenvalue weighted by atomic mass is 16.1. The molecule has 84 valence electrons. The molecule has 0 bridgehead atoms. The quantitative estimate of drug-likeness (QED) is 0.553. The standard InChI is InChI=1S/C14H22O/c1-14(2,3)11-8-10-6-4-5-7-12(10)13(15)9-11/h4-5,10-12H,6-9H2,1-3H3/t10-,11-,12+/m1/s1. The lowest BCUT2D eigenvalue weighted by Crippen LogP contribution is -2.38. The van der Waals surface area contributed by atoms with E-state index in [1.165, 1.54) is 6.42 Å². The molecule has 0 aliphatic heterocycles. The van der Waals surface area contributed by atoms with Crippen molar-refractivity contribution in [1.29, 1.82) is 0 Å².